The molecule has 0 fully saturated rings. The zero-order valence-corrected chi connectivity index (χ0v) is 12.4. The highest BCUT2D eigenvalue weighted by Gasteiger charge is 2.07. The van der Waals surface area contributed by atoms with Crippen molar-refractivity contribution in [2.45, 2.75) is 20.8 Å². The first-order valence-electron chi connectivity index (χ1n) is 6.72. The normalized spacial score (nSPS) is 9.20. The van der Waals surface area contributed by atoms with E-state index in [0.29, 0.717) is 11.3 Å². The molecule has 0 saturated heterocycles. The van der Waals surface area contributed by atoms with E-state index in [2.05, 4.69) is 5.32 Å². The highest BCUT2D eigenvalue weighted by Crippen LogP contribution is 2.17. The molecule has 0 aliphatic carbocycles. The van der Waals surface area contributed by atoms with Crippen LogP contribution in [-0.2, 0) is 0 Å². The van der Waals surface area contributed by atoms with E-state index in [4.69, 9.17) is 4.74 Å². The third-order valence-corrected chi connectivity index (χ3v) is 2.73. The summed E-state index contributed by atoms with van der Waals surface area (Å²) in [4.78, 5) is 12.1. The van der Waals surface area contributed by atoms with Gasteiger partial charge in [-0.3, -0.25) is 4.79 Å². The molecule has 106 valence electrons. The standard InChI is InChI=1S/C15H15NO2.C2H6/c1-11-6-3-4-9-14(11)16-15(17)12-7-5-8-13(10-12)18-2;1-2/h3-10H,1-2H3,(H,16,17);1-2H3. The lowest BCUT2D eigenvalue weighted by atomic mass is 10.1. The van der Waals surface area contributed by atoms with E-state index in [9.17, 15) is 4.79 Å². The molecule has 0 heterocycles. The number of benzene rings is 2. The van der Waals surface area contributed by atoms with Crippen molar-refractivity contribution < 1.29 is 9.53 Å². The number of aryl methyl sites for hydroxylation is 1. The second kappa shape index (κ2) is 8.00. The number of amides is 1. The predicted octanol–water partition coefficient (Wildman–Crippen LogP) is 4.28. The van der Waals surface area contributed by atoms with Gasteiger partial charge in [-0.25, -0.2) is 0 Å². The lowest BCUT2D eigenvalue weighted by Crippen LogP contribution is -2.12. The Morgan fingerprint density at radius 2 is 1.75 bits per heavy atom. The summed E-state index contributed by atoms with van der Waals surface area (Å²) in [6.07, 6.45) is 0. The van der Waals surface area contributed by atoms with Gasteiger partial charge in [0.15, 0.2) is 0 Å². The first kappa shape index (κ1) is 15.8. The van der Waals surface area contributed by atoms with Gasteiger partial charge in [-0.2, -0.15) is 0 Å². The fourth-order valence-electron chi connectivity index (χ4n) is 1.67. The van der Waals surface area contributed by atoms with Crippen molar-refractivity contribution in [2.75, 3.05) is 12.4 Å². The summed E-state index contributed by atoms with van der Waals surface area (Å²) in [5.41, 5.74) is 2.44. The number of nitrogens with one attached hydrogen (secondary N) is 1. The summed E-state index contributed by atoms with van der Waals surface area (Å²) in [6, 6.07) is 14.8. The molecule has 2 aromatic rings. The van der Waals surface area contributed by atoms with E-state index in [-0.39, 0.29) is 5.91 Å². The first-order valence-corrected chi connectivity index (χ1v) is 6.72. The molecule has 2 aromatic carbocycles. The molecule has 0 unspecified atom stereocenters. The van der Waals surface area contributed by atoms with Crippen LogP contribution < -0.4 is 10.1 Å². The zero-order chi connectivity index (χ0) is 15.0. The average molecular weight is 271 g/mol. The molecule has 1 N–H and O–H groups in total. The van der Waals surface area contributed by atoms with Crippen LogP contribution in [0, 0.1) is 6.92 Å². The number of hydrogen-bond donors (Lipinski definition) is 1. The highest BCUT2D eigenvalue weighted by atomic mass is 16.5. The van der Waals surface area contributed by atoms with Crippen molar-refractivity contribution in [3.05, 3.63) is 59.7 Å². The summed E-state index contributed by atoms with van der Waals surface area (Å²) < 4.78 is 5.10. The van der Waals surface area contributed by atoms with Crippen LogP contribution in [0.1, 0.15) is 29.8 Å². The van der Waals surface area contributed by atoms with Crippen molar-refractivity contribution in [1.29, 1.82) is 0 Å². The number of anilines is 1. The van der Waals surface area contributed by atoms with E-state index in [1.165, 1.54) is 0 Å². The fourth-order valence-corrected chi connectivity index (χ4v) is 1.67. The SMILES string of the molecule is CC.COc1cccc(C(=O)Nc2ccccc2C)c1. The largest absolute Gasteiger partial charge is 0.497 e. The summed E-state index contributed by atoms with van der Waals surface area (Å²) in [5, 5.41) is 2.88. The maximum Gasteiger partial charge on any atom is 0.255 e. The third-order valence-electron chi connectivity index (χ3n) is 2.73. The van der Waals surface area contributed by atoms with Gasteiger partial charge in [-0.1, -0.05) is 38.1 Å². The molecule has 0 spiro atoms. The minimum absolute atomic E-state index is 0.136. The van der Waals surface area contributed by atoms with Crippen LogP contribution >= 0.6 is 0 Å². The van der Waals surface area contributed by atoms with Gasteiger partial charge in [-0.15, -0.1) is 0 Å². The average Bonchev–Trinajstić information content (AvgIpc) is 2.51. The molecule has 2 rings (SSSR count). The summed E-state index contributed by atoms with van der Waals surface area (Å²) in [7, 11) is 1.58. The smallest absolute Gasteiger partial charge is 0.255 e. The van der Waals surface area contributed by atoms with Gasteiger partial charge >= 0.3 is 0 Å². The Balaban J connectivity index is 0.000000956. The topological polar surface area (TPSA) is 38.3 Å². The van der Waals surface area contributed by atoms with Gasteiger partial charge in [0.1, 0.15) is 5.75 Å². The minimum atomic E-state index is -0.136. The molecular weight excluding hydrogens is 250 g/mol. The van der Waals surface area contributed by atoms with Crippen LogP contribution in [0.2, 0.25) is 0 Å². The number of carbonyl (C=O) groups excluding carboxylic acids is 1. The van der Waals surface area contributed by atoms with Gasteiger partial charge in [0.25, 0.3) is 5.91 Å². The van der Waals surface area contributed by atoms with E-state index in [0.717, 1.165) is 11.3 Å². The van der Waals surface area contributed by atoms with Crippen LogP contribution in [0.4, 0.5) is 5.69 Å². The number of para-hydroxylation sites is 1. The lowest BCUT2D eigenvalue weighted by Gasteiger charge is -2.08. The Labute approximate surface area is 120 Å². The second-order valence-electron chi connectivity index (χ2n) is 4.00. The molecule has 0 saturated carbocycles. The van der Waals surface area contributed by atoms with E-state index >= 15 is 0 Å². The van der Waals surface area contributed by atoms with Gasteiger partial charge in [-0.05, 0) is 36.8 Å². The van der Waals surface area contributed by atoms with Crippen molar-refractivity contribution >= 4 is 11.6 Å². The lowest BCUT2D eigenvalue weighted by molar-refractivity contribution is 0.102. The molecule has 0 aliphatic rings. The van der Waals surface area contributed by atoms with E-state index in [1.54, 1.807) is 25.3 Å². The Hall–Kier alpha value is -2.29. The second-order valence-corrected chi connectivity index (χ2v) is 4.00. The molecule has 1 amide bonds. The van der Waals surface area contributed by atoms with Crippen molar-refractivity contribution in [3.8, 4) is 5.75 Å². The van der Waals surface area contributed by atoms with Crippen LogP contribution in [0.3, 0.4) is 0 Å². The fraction of sp³-hybridized carbons (Fsp3) is 0.235. The molecule has 3 heteroatoms. The summed E-state index contributed by atoms with van der Waals surface area (Å²) >= 11 is 0. The zero-order valence-electron chi connectivity index (χ0n) is 12.4. The van der Waals surface area contributed by atoms with Crippen molar-refractivity contribution in [3.63, 3.8) is 0 Å². The monoisotopic (exact) mass is 271 g/mol. The molecule has 20 heavy (non-hydrogen) atoms. The van der Waals surface area contributed by atoms with E-state index < -0.39 is 0 Å². The number of hydrogen-bond acceptors (Lipinski definition) is 2. The van der Waals surface area contributed by atoms with Gasteiger partial charge in [0.05, 0.1) is 7.11 Å². The number of methoxy groups -OCH3 is 1. The Morgan fingerprint density at radius 3 is 2.40 bits per heavy atom. The Bertz CT molecular complexity index is 564. The van der Waals surface area contributed by atoms with Crippen molar-refractivity contribution in [2.24, 2.45) is 0 Å². The van der Waals surface area contributed by atoms with Crippen LogP contribution in [0.15, 0.2) is 48.5 Å². The predicted molar refractivity (Wildman–Crippen MR) is 83.5 cm³/mol. The number of carbonyl (C=O) groups is 1. The third kappa shape index (κ3) is 4.12. The van der Waals surface area contributed by atoms with Gasteiger partial charge in [0.2, 0.25) is 0 Å². The molecular formula is C17H21NO2. The van der Waals surface area contributed by atoms with E-state index in [1.807, 2.05) is 51.1 Å². The molecule has 3 nitrogen and oxygen atoms in total. The highest BCUT2D eigenvalue weighted by molar-refractivity contribution is 6.04. The molecule has 0 atom stereocenters. The number of rotatable bonds is 3. The maximum atomic E-state index is 12.1. The first-order chi connectivity index (χ1) is 9.70. The van der Waals surface area contributed by atoms with Crippen LogP contribution in [-0.4, -0.2) is 13.0 Å². The Kier molecular flexibility index (Phi) is 6.30. The number of ether oxygens (including phenoxy) is 1. The maximum absolute atomic E-state index is 12.1. The molecule has 0 aromatic heterocycles. The van der Waals surface area contributed by atoms with Crippen molar-refractivity contribution in [1.82, 2.24) is 0 Å². The molecule has 0 aliphatic heterocycles. The minimum Gasteiger partial charge on any atom is -0.497 e. The Morgan fingerprint density at radius 1 is 1.05 bits per heavy atom. The van der Waals surface area contributed by atoms with Gasteiger partial charge < -0.3 is 10.1 Å². The molecule has 0 bridgehead atoms. The quantitative estimate of drug-likeness (QED) is 0.904. The van der Waals surface area contributed by atoms with Crippen LogP contribution in [0.25, 0.3) is 0 Å². The van der Waals surface area contributed by atoms with Gasteiger partial charge in [0, 0.05) is 11.3 Å². The summed E-state index contributed by atoms with van der Waals surface area (Å²) in [5.74, 6) is 0.538. The summed E-state index contributed by atoms with van der Waals surface area (Å²) in [6.45, 7) is 5.96. The molecule has 0 radical (unpaired) electrons. The van der Waals surface area contributed by atoms with Crippen LogP contribution in [0.5, 0.6) is 5.75 Å².